The van der Waals surface area contributed by atoms with Gasteiger partial charge in [0.05, 0.1) is 11.1 Å². The molecular formula is C8H5BrF5NO2. The number of aromatic amines is 1. The van der Waals surface area contributed by atoms with Crippen LogP contribution in [0, 0.1) is 0 Å². The molecule has 0 bridgehead atoms. The van der Waals surface area contributed by atoms with Gasteiger partial charge < -0.3 is 9.72 Å². The SMILES string of the molecule is O=c1[nH]cc(C(F)F)c(OC(F)(F)F)c1CBr. The first kappa shape index (κ1) is 13.9. The zero-order valence-corrected chi connectivity index (χ0v) is 9.53. The van der Waals surface area contributed by atoms with Crippen molar-refractivity contribution in [1.29, 1.82) is 0 Å². The Morgan fingerprint density at radius 2 is 2.00 bits per heavy atom. The fourth-order valence-electron chi connectivity index (χ4n) is 1.09. The first-order valence-electron chi connectivity index (χ1n) is 4.10. The van der Waals surface area contributed by atoms with Crippen LogP contribution in [0.4, 0.5) is 22.0 Å². The lowest BCUT2D eigenvalue weighted by molar-refractivity contribution is -0.275. The lowest BCUT2D eigenvalue weighted by Gasteiger charge is -2.15. The molecule has 1 heterocycles. The summed E-state index contributed by atoms with van der Waals surface area (Å²) in [5, 5.41) is -0.339. The van der Waals surface area contributed by atoms with Gasteiger partial charge in [0.1, 0.15) is 5.75 Å². The molecule has 0 aliphatic rings. The number of alkyl halides is 6. The van der Waals surface area contributed by atoms with E-state index in [0.29, 0.717) is 6.20 Å². The van der Waals surface area contributed by atoms with Crippen molar-refractivity contribution in [1.82, 2.24) is 4.98 Å². The van der Waals surface area contributed by atoms with Crippen molar-refractivity contribution in [3.63, 3.8) is 0 Å². The number of rotatable bonds is 3. The van der Waals surface area contributed by atoms with Gasteiger partial charge in [-0.3, -0.25) is 4.79 Å². The average Bonchev–Trinajstić information content (AvgIpc) is 2.15. The van der Waals surface area contributed by atoms with Crippen LogP contribution < -0.4 is 10.3 Å². The van der Waals surface area contributed by atoms with Gasteiger partial charge in [-0.25, -0.2) is 8.78 Å². The molecule has 0 radical (unpaired) electrons. The predicted molar refractivity (Wildman–Crippen MR) is 51.3 cm³/mol. The second kappa shape index (κ2) is 5.03. The smallest absolute Gasteiger partial charge is 0.405 e. The van der Waals surface area contributed by atoms with Crippen molar-refractivity contribution >= 4 is 15.9 Å². The van der Waals surface area contributed by atoms with Crippen molar-refractivity contribution in [2.75, 3.05) is 0 Å². The normalized spacial score (nSPS) is 11.9. The Hall–Kier alpha value is -1.12. The highest BCUT2D eigenvalue weighted by Crippen LogP contribution is 2.34. The van der Waals surface area contributed by atoms with E-state index in [0.717, 1.165) is 0 Å². The molecular weight excluding hydrogens is 317 g/mol. The Kier molecular flexibility index (Phi) is 4.12. The summed E-state index contributed by atoms with van der Waals surface area (Å²) in [6.45, 7) is 0. The van der Waals surface area contributed by atoms with Crippen LogP contribution in [0.2, 0.25) is 0 Å². The molecule has 3 nitrogen and oxygen atoms in total. The van der Waals surface area contributed by atoms with Crippen molar-refractivity contribution in [3.8, 4) is 5.75 Å². The highest BCUT2D eigenvalue weighted by Gasteiger charge is 2.35. The molecule has 1 N–H and O–H groups in total. The van der Waals surface area contributed by atoms with Gasteiger partial charge in [-0.1, -0.05) is 15.9 Å². The number of hydrogen-bond donors (Lipinski definition) is 1. The van der Waals surface area contributed by atoms with E-state index in [2.05, 4.69) is 20.7 Å². The van der Waals surface area contributed by atoms with E-state index in [1.807, 2.05) is 4.98 Å². The fraction of sp³-hybridized carbons (Fsp3) is 0.375. The molecule has 1 rings (SSSR count). The van der Waals surface area contributed by atoms with E-state index < -0.39 is 35.2 Å². The summed E-state index contributed by atoms with van der Waals surface area (Å²) in [4.78, 5) is 13.1. The van der Waals surface area contributed by atoms with E-state index in [-0.39, 0.29) is 5.33 Å². The first-order valence-corrected chi connectivity index (χ1v) is 5.22. The van der Waals surface area contributed by atoms with Crippen LogP contribution in [0.5, 0.6) is 5.75 Å². The van der Waals surface area contributed by atoms with Crippen LogP contribution in [-0.2, 0) is 5.33 Å². The third-order valence-corrected chi connectivity index (χ3v) is 2.32. The minimum absolute atomic E-state index is 0.339. The molecule has 0 spiro atoms. The van der Waals surface area contributed by atoms with Gasteiger partial charge in [-0.2, -0.15) is 0 Å². The second-order valence-electron chi connectivity index (χ2n) is 2.86. The van der Waals surface area contributed by atoms with Gasteiger partial charge in [0.25, 0.3) is 12.0 Å². The van der Waals surface area contributed by atoms with Crippen LogP contribution in [0.3, 0.4) is 0 Å². The maximum absolute atomic E-state index is 12.5. The molecule has 0 saturated heterocycles. The molecule has 96 valence electrons. The number of ether oxygens (including phenoxy) is 1. The maximum atomic E-state index is 12.5. The van der Waals surface area contributed by atoms with Gasteiger partial charge in [-0.15, -0.1) is 13.2 Å². The zero-order chi connectivity index (χ0) is 13.2. The molecule has 0 aliphatic heterocycles. The Bertz CT molecular complexity index is 456. The van der Waals surface area contributed by atoms with E-state index >= 15 is 0 Å². The highest BCUT2D eigenvalue weighted by atomic mass is 79.9. The minimum atomic E-state index is -5.14. The number of aromatic nitrogens is 1. The summed E-state index contributed by atoms with van der Waals surface area (Å²) in [5.74, 6) is -1.16. The number of H-pyrrole nitrogens is 1. The third kappa shape index (κ3) is 3.42. The molecule has 0 aliphatic carbocycles. The zero-order valence-electron chi connectivity index (χ0n) is 7.95. The fourth-order valence-corrected chi connectivity index (χ4v) is 1.60. The first-order chi connectivity index (χ1) is 7.76. The Morgan fingerprint density at radius 3 is 2.41 bits per heavy atom. The Morgan fingerprint density at radius 1 is 1.41 bits per heavy atom. The predicted octanol–water partition coefficient (Wildman–Crippen LogP) is 3.11. The van der Waals surface area contributed by atoms with E-state index in [1.165, 1.54) is 0 Å². The maximum Gasteiger partial charge on any atom is 0.573 e. The summed E-state index contributed by atoms with van der Waals surface area (Å²) in [5.41, 5.74) is -2.48. The van der Waals surface area contributed by atoms with E-state index in [4.69, 9.17) is 0 Å². The summed E-state index contributed by atoms with van der Waals surface area (Å²) in [6.07, 6.45) is -7.84. The summed E-state index contributed by atoms with van der Waals surface area (Å²) >= 11 is 2.74. The third-order valence-electron chi connectivity index (χ3n) is 1.76. The summed E-state index contributed by atoms with van der Waals surface area (Å²) in [7, 11) is 0. The number of pyridine rings is 1. The number of hydrogen-bond acceptors (Lipinski definition) is 2. The topological polar surface area (TPSA) is 42.1 Å². The van der Waals surface area contributed by atoms with Crippen LogP contribution in [0.15, 0.2) is 11.0 Å². The molecule has 1 aromatic rings. The van der Waals surface area contributed by atoms with Gasteiger partial charge in [0.15, 0.2) is 0 Å². The van der Waals surface area contributed by atoms with Crippen LogP contribution in [0.1, 0.15) is 17.6 Å². The van der Waals surface area contributed by atoms with Crippen LogP contribution >= 0.6 is 15.9 Å². The molecule has 0 amide bonds. The molecule has 17 heavy (non-hydrogen) atoms. The standard InChI is InChI=1S/C8H5BrF5NO2/c9-1-3-5(17-8(12,13)14)4(6(10)11)2-15-7(3)16/h2,6H,1H2,(H,15,16). The quantitative estimate of drug-likeness (QED) is 0.686. The molecule has 0 aromatic carbocycles. The molecule has 0 fully saturated rings. The lowest BCUT2D eigenvalue weighted by atomic mass is 10.2. The monoisotopic (exact) mass is 321 g/mol. The molecule has 0 unspecified atom stereocenters. The van der Waals surface area contributed by atoms with E-state index in [1.54, 1.807) is 0 Å². The molecule has 0 atom stereocenters. The number of nitrogens with one attached hydrogen (secondary N) is 1. The van der Waals surface area contributed by atoms with Gasteiger partial charge in [0.2, 0.25) is 0 Å². The Labute approximate surface area is 99.7 Å². The van der Waals surface area contributed by atoms with Crippen molar-refractivity contribution in [2.24, 2.45) is 0 Å². The van der Waals surface area contributed by atoms with Crippen molar-refractivity contribution in [2.45, 2.75) is 18.1 Å². The van der Waals surface area contributed by atoms with Gasteiger partial charge in [0, 0.05) is 11.5 Å². The van der Waals surface area contributed by atoms with Crippen molar-refractivity contribution < 1.29 is 26.7 Å². The summed E-state index contributed by atoms with van der Waals surface area (Å²) < 4.78 is 64.5. The average molecular weight is 322 g/mol. The van der Waals surface area contributed by atoms with Crippen molar-refractivity contribution in [3.05, 3.63) is 27.7 Å². The number of halogens is 6. The van der Waals surface area contributed by atoms with Crippen LogP contribution in [-0.4, -0.2) is 11.3 Å². The van der Waals surface area contributed by atoms with Crippen LogP contribution in [0.25, 0.3) is 0 Å². The molecule has 9 heteroatoms. The summed E-state index contributed by atoms with van der Waals surface area (Å²) in [6, 6.07) is 0. The minimum Gasteiger partial charge on any atom is -0.405 e. The largest absolute Gasteiger partial charge is 0.573 e. The highest BCUT2D eigenvalue weighted by molar-refractivity contribution is 9.08. The Balaban J connectivity index is 3.39. The van der Waals surface area contributed by atoms with Gasteiger partial charge in [-0.05, 0) is 0 Å². The second-order valence-corrected chi connectivity index (χ2v) is 3.42. The van der Waals surface area contributed by atoms with E-state index in [9.17, 15) is 26.7 Å². The lowest BCUT2D eigenvalue weighted by Crippen LogP contribution is -2.23. The molecule has 0 saturated carbocycles. The molecule has 1 aromatic heterocycles. The van der Waals surface area contributed by atoms with Gasteiger partial charge >= 0.3 is 6.36 Å².